The first-order valence-electron chi connectivity index (χ1n) is 47.7. The minimum Gasteiger partial charge on any atom is -0.309 e. The van der Waals surface area contributed by atoms with Crippen LogP contribution in [0, 0.1) is 0 Å². The molecule has 12 heteroatoms. The van der Waals surface area contributed by atoms with E-state index < -0.39 is 0 Å². The number of hydrogen-bond acceptors (Lipinski definition) is 9. The minimum atomic E-state index is 0.626. The molecule has 0 atom stereocenters. The molecule has 0 bridgehead atoms. The standard InChI is InChI=1S/2C45H30N4.C40H25N3S/c1-4-14-31(15-5-1)34-20-12-21-36(28-34)44-46-43(33-18-8-3-9-19-33)47-45(48-44)37-22-13-23-38(29-37)49-41-25-11-10-24-39(41)40-27-26-35(30-42(40)49)32-16-6-2-7-17-32;1-4-13-31(14-5-1)33-23-25-35(26-24-33)44-46-43(34-17-8-3-9-18-34)47-45(48-44)37-19-12-20-38(29-37)49-41-22-11-10-21-39(41)40-28-27-36(30-42(40)49)32-15-6-2-7-16-32;1-2-9-26(10-3-1)27-17-19-28(20-18-27)35-23-24-41-40(42-35)43-36-15-6-4-11-31(36)34-25-29(21-22-37(34)43)30-13-8-14-33-32-12-5-7-16-38(32)44-39(30)33/h2*1-30H;1-25H. The summed E-state index contributed by atoms with van der Waals surface area (Å²) in [5.41, 5.74) is 30.7. The van der Waals surface area contributed by atoms with Gasteiger partial charge in [0.05, 0.1) is 38.8 Å². The van der Waals surface area contributed by atoms with Crippen LogP contribution in [0.2, 0.25) is 0 Å². The zero-order chi connectivity index (χ0) is 94.2. The number of aromatic nitrogens is 11. The van der Waals surface area contributed by atoms with Crippen LogP contribution >= 0.6 is 11.3 Å². The molecule has 666 valence electrons. The first-order chi connectivity index (χ1) is 70.4. The zero-order valence-electron chi connectivity index (χ0n) is 76.9. The fourth-order valence-corrected chi connectivity index (χ4v) is 20.9. The number of nitrogens with zero attached hydrogens (tertiary/aromatic N) is 11. The fourth-order valence-electron chi connectivity index (χ4n) is 19.7. The maximum atomic E-state index is 5.10. The summed E-state index contributed by atoms with van der Waals surface area (Å²) in [6.45, 7) is 0. The van der Waals surface area contributed by atoms with Crippen molar-refractivity contribution in [3.8, 4) is 164 Å². The molecule has 0 aliphatic heterocycles. The summed E-state index contributed by atoms with van der Waals surface area (Å²) in [7, 11) is 0. The average Bonchev–Trinajstić information content (AvgIpc) is 1.59. The molecule has 0 fully saturated rings. The van der Waals surface area contributed by atoms with E-state index in [0.29, 0.717) is 40.9 Å². The Labute approximate surface area is 824 Å². The highest BCUT2D eigenvalue weighted by Gasteiger charge is 2.24. The van der Waals surface area contributed by atoms with Crippen molar-refractivity contribution in [2.45, 2.75) is 0 Å². The molecule has 7 aromatic heterocycles. The van der Waals surface area contributed by atoms with Crippen LogP contribution in [0.15, 0.2) is 516 Å². The van der Waals surface area contributed by atoms with Crippen LogP contribution in [0.1, 0.15) is 0 Å². The highest BCUT2D eigenvalue weighted by Crippen LogP contribution is 2.45. The lowest BCUT2D eigenvalue weighted by atomic mass is 10.0. The Bertz CT molecular complexity index is 9380. The normalized spacial score (nSPS) is 11.4. The third-order valence-electron chi connectivity index (χ3n) is 26.6. The van der Waals surface area contributed by atoms with E-state index in [1.807, 2.05) is 102 Å². The van der Waals surface area contributed by atoms with Crippen LogP contribution in [-0.2, 0) is 0 Å². The second-order valence-corrected chi connectivity index (χ2v) is 36.3. The Morgan fingerprint density at radius 2 is 0.465 bits per heavy atom. The van der Waals surface area contributed by atoms with Crippen LogP contribution in [0.3, 0.4) is 0 Å². The summed E-state index contributed by atoms with van der Waals surface area (Å²) >= 11 is 1.87. The Morgan fingerprint density at radius 3 is 0.937 bits per heavy atom. The summed E-state index contributed by atoms with van der Waals surface area (Å²) in [5.74, 6) is 4.47. The van der Waals surface area contributed by atoms with Gasteiger partial charge in [-0.3, -0.25) is 4.57 Å². The van der Waals surface area contributed by atoms with E-state index in [-0.39, 0.29) is 0 Å². The van der Waals surface area contributed by atoms with Crippen molar-refractivity contribution < 1.29 is 0 Å². The largest absolute Gasteiger partial charge is 0.309 e. The first kappa shape index (κ1) is 84.8. The van der Waals surface area contributed by atoms with Gasteiger partial charge < -0.3 is 9.13 Å². The third-order valence-corrected chi connectivity index (χ3v) is 27.8. The van der Waals surface area contributed by atoms with Gasteiger partial charge in [-0.15, -0.1) is 11.3 Å². The fraction of sp³-hybridized carbons (Fsp3) is 0. The Morgan fingerprint density at radius 1 is 0.162 bits per heavy atom. The molecule has 27 rings (SSSR count). The molecular formula is C130H85N11S. The van der Waals surface area contributed by atoms with Gasteiger partial charge in [-0.25, -0.2) is 39.9 Å². The van der Waals surface area contributed by atoms with E-state index >= 15 is 0 Å². The summed E-state index contributed by atoms with van der Waals surface area (Å²) in [6.07, 6.45) is 1.86. The minimum absolute atomic E-state index is 0.626. The lowest BCUT2D eigenvalue weighted by Gasteiger charge is -2.12. The lowest BCUT2D eigenvalue weighted by molar-refractivity contribution is 0.992. The number of rotatable bonds is 16. The molecule has 0 spiro atoms. The van der Waals surface area contributed by atoms with Crippen molar-refractivity contribution in [3.05, 3.63) is 516 Å². The molecule has 0 aliphatic rings. The maximum Gasteiger partial charge on any atom is 0.235 e. The Hall–Kier alpha value is -18.9. The smallest absolute Gasteiger partial charge is 0.235 e. The predicted molar refractivity (Wildman–Crippen MR) is 588 cm³/mol. The van der Waals surface area contributed by atoms with Crippen molar-refractivity contribution in [2.75, 3.05) is 0 Å². The molecule has 7 heterocycles. The number of benzene rings is 20. The maximum absolute atomic E-state index is 5.10. The van der Waals surface area contributed by atoms with Gasteiger partial charge in [-0.1, -0.05) is 425 Å². The molecule has 142 heavy (non-hydrogen) atoms. The predicted octanol–water partition coefficient (Wildman–Crippen LogP) is 33.6. The quantitative estimate of drug-likeness (QED) is 0.0939. The Kier molecular flexibility index (Phi) is 22.3. The van der Waals surface area contributed by atoms with Gasteiger partial charge >= 0.3 is 0 Å². The molecule has 0 radical (unpaired) electrons. The highest BCUT2D eigenvalue weighted by atomic mass is 32.1. The van der Waals surface area contributed by atoms with Gasteiger partial charge in [0, 0.05) is 109 Å². The highest BCUT2D eigenvalue weighted by molar-refractivity contribution is 7.26. The van der Waals surface area contributed by atoms with Crippen LogP contribution in [-0.4, -0.2) is 53.6 Å². The van der Waals surface area contributed by atoms with Gasteiger partial charge in [0.2, 0.25) is 5.95 Å². The molecular weight excluding hydrogens is 1750 g/mol. The SMILES string of the molecule is c1ccc(-c2ccc(-c3ccnc(-n4c5ccccc5c5cc(-c6cccc7c6sc6ccccc67)ccc54)n3)cc2)cc1.c1ccc(-c2ccc(-c3nc(-c4ccccc4)nc(-c4cccc(-n5c6ccccc6c6ccc(-c7ccccc7)cc65)c4)n3)cc2)cc1.c1ccc(-c2cccc(-c3nc(-c4ccccc4)nc(-c4cccc(-n5c6ccccc6c6ccc(-c7ccccc7)cc65)c4)n3)c2)cc1. The Balaban J connectivity index is 0.000000112. The average molecular weight is 1830 g/mol. The van der Waals surface area contributed by atoms with Crippen molar-refractivity contribution in [3.63, 3.8) is 0 Å². The van der Waals surface area contributed by atoms with Crippen molar-refractivity contribution in [1.29, 1.82) is 0 Å². The topological polar surface area (TPSA) is 118 Å². The third kappa shape index (κ3) is 16.4. The number of para-hydroxylation sites is 3. The number of hydrogen-bond donors (Lipinski definition) is 0. The van der Waals surface area contributed by atoms with Crippen molar-refractivity contribution in [1.82, 2.24) is 53.6 Å². The van der Waals surface area contributed by atoms with Crippen molar-refractivity contribution >= 4 is 96.9 Å². The van der Waals surface area contributed by atoms with Crippen LogP contribution < -0.4 is 0 Å². The molecule has 0 saturated carbocycles. The van der Waals surface area contributed by atoms with Crippen molar-refractivity contribution in [2.24, 2.45) is 0 Å². The van der Waals surface area contributed by atoms with E-state index in [0.717, 1.165) is 106 Å². The molecule has 0 unspecified atom stereocenters. The van der Waals surface area contributed by atoms with E-state index in [1.54, 1.807) is 0 Å². The van der Waals surface area contributed by atoms with Crippen LogP contribution in [0.4, 0.5) is 0 Å². The summed E-state index contributed by atoms with van der Waals surface area (Å²) in [4.78, 5) is 40.1. The van der Waals surface area contributed by atoms with Gasteiger partial charge in [-0.05, 0) is 152 Å². The van der Waals surface area contributed by atoms with Gasteiger partial charge in [0.25, 0.3) is 0 Å². The second-order valence-electron chi connectivity index (χ2n) is 35.3. The van der Waals surface area contributed by atoms with Crippen LogP contribution in [0.5, 0.6) is 0 Å². The first-order valence-corrected chi connectivity index (χ1v) is 48.5. The van der Waals surface area contributed by atoms with Gasteiger partial charge in [-0.2, -0.15) is 0 Å². The van der Waals surface area contributed by atoms with Crippen LogP contribution in [0.25, 0.3) is 249 Å². The molecule has 0 aliphatic carbocycles. The van der Waals surface area contributed by atoms with E-state index in [1.165, 1.54) is 103 Å². The molecule has 0 N–H and O–H groups in total. The molecule has 0 saturated heterocycles. The van der Waals surface area contributed by atoms with Gasteiger partial charge in [0.1, 0.15) is 0 Å². The molecule has 27 aromatic rings. The summed E-state index contributed by atoms with van der Waals surface area (Å²) in [6, 6.07) is 178. The number of thiophene rings is 1. The summed E-state index contributed by atoms with van der Waals surface area (Å²) in [5, 5.41) is 9.88. The summed E-state index contributed by atoms with van der Waals surface area (Å²) < 4.78 is 9.54. The van der Waals surface area contributed by atoms with E-state index in [2.05, 4.69) is 438 Å². The van der Waals surface area contributed by atoms with E-state index in [4.69, 9.17) is 39.9 Å². The monoisotopic (exact) mass is 1830 g/mol. The van der Waals surface area contributed by atoms with E-state index in [9.17, 15) is 0 Å². The molecule has 0 amide bonds. The van der Waals surface area contributed by atoms with Gasteiger partial charge in [0.15, 0.2) is 34.9 Å². The number of fused-ring (bicyclic) bond motifs is 12. The zero-order valence-corrected chi connectivity index (χ0v) is 77.7. The second kappa shape index (κ2) is 37.3. The molecule has 11 nitrogen and oxygen atoms in total. The lowest BCUT2D eigenvalue weighted by Crippen LogP contribution is -2.01. The molecule has 20 aromatic carbocycles.